The first-order valence-electron chi connectivity index (χ1n) is 9.47. The van der Waals surface area contributed by atoms with Crippen molar-refractivity contribution in [1.82, 2.24) is 9.78 Å². The molecule has 0 aliphatic heterocycles. The molecule has 0 spiro atoms. The van der Waals surface area contributed by atoms with Crippen molar-refractivity contribution < 1.29 is 28.3 Å². The largest absolute Gasteiger partial charge is 0.481 e. The average Bonchev–Trinajstić information content (AvgIpc) is 3.42. The highest BCUT2D eigenvalue weighted by Crippen LogP contribution is 2.32. The maximum atomic E-state index is 11.6. The van der Waals surface area contributed by atoms with Gasteiger partial charge in [0.25, 0.3) is 0 Å². The molecule has 0 atom stereocenters. The quantitative estimate of drug-likeness (QED) is 0.436. The SMILES string of the molecule is Cc1cc2c(o1)c(-c1ccc(COC(=O)CCC(=O)O)o1)nn2Cc1ccccc1. The Morgan fingerprint density at radius 2 is 1.90 bits per heavy atom. The monoisotopic (exact) mass is 408 g/mol. The second kappa shape index (κ2) is 8.28. The number of ether oxygens (including phenoxy) is 1. The highest BCUT2D eigenvalue weighted by molar-refractivity contribution is 5.87. The van der Waals surface area contributed by atoms with E-state index in [4.69, 9.17) is 18.7 Å². The number of esters is 1. The molecule has 0 aliphatic rings. The van der Waals surface area contributed by atoms with Crippen LogP contribution in [0.4, 0.5) is 0 Å². The lowest BCUT2D eigenvalue weighted by Crippen LogP contribution is -2.07. The third-order valence-electron chi connectivity index (χ3n) is 4.54. The van der Waals surface area contributed by atoms with Gasteiger partial charge in [0.1, 0.15) is 23.6 Å². The van der Waals surface area contributed by atoms with Crippen LogP contribution < -0.4 is 0 Å². The van der Waals surface area contributed by atoms with Crippen LogP contribution in [0.1, 0.15) is 29.9 Å². The molecule has 3 aromatic heterocycles. The molecule has 154 valence electrons. The van der Waals surface area contributed by atoms with Gasteiger partial charge in [-0.2, -0.15) is 5.10 Å². The molecule has 8 nitrogen and oxygen atoms in total. The Balaban J connectivity index is 1.54. The van der Waals surface area contributed by atoms with Gasteiger partial charge < -0.3 is 18.7 Å². The van der Waals surface area contributed by atoms with Crippen LogP contribution in [0.25, 0.3) is 22.6 Å². The van der Waals surface area contributed by atoms with Gasteiger partial charge in [0, 0.05) is 6.07 Å². The van der Waals surface area contributed by atoms with Gasteiger partial charge in [-0.1, -0.05) is 30.3 Å². The van der Waals surface area contributed by atoms with E-state index in [0.717, 1.165) is 16.8 Å². The number of furan rings is 2. The number of nitrogens with zero attached hydrogens (tertiary/aromatic N) is 2. The number of carbonyl (C=O) groups is 2. The summed E-state index contributed by atoms with van der Waals surface area (Å²) in [5.41, 5.74) is 3.17. The van der Waals surface area contributed by atoms with Gasteiger partial charge in [-0.05, 0) is 24.6 Å². The Morgan fingerprint density at radius 1 is 1.10 bits per heavy atom. The van der Waals surface area contributed by atoms with Crippen molar-refractivity contribution in [3.05, 3.63) is 65.6 Å². The smallest absolute Gasteiger partial charge is 0.306 e. The van der Waals surface area contributed by atoms with Gasteiger partial charge in [-0.25, -0.2) is 0 Å². The summed E-state index contributed by atoms with van der Waals surface area (Å²) < 4.78 is 18.6. The summed E-state index contributed by atoms with van der Waals surface area (Å²) in [4.78, 5) is 22.1. The van der Waals surface area contributed by atoms with Crippen LogP contribution in [-0.2, 0) is 27.5 Å². The van der Waals surface area contributed by atoms with Crippen LogP contribution in [-0.4, -0.2) is 26.8 Å². The topological polar surface area (TPSA) is 108 Å². The van der Waals surface area contributed by atoms with Gasteiger partial charge in [0.15, 0.2) is 17.0 Å². The summed E-state index contributed by atoms with van der Waals surface area (Å²) in [5.74, 6) is 0.0627. The van der Waals surface area contributed by atoms with Crippen LogP contribution >= 0.6 is 0 Å². The molecule has 1 N–H and O–H groups in total. The first-order chi connectivity index (χ1) is 14.5. The summed E-state index contributed by atoms with van der Waals surface area (Å²) in [6.07, 6.45) is -0.448. The number of aliphatic carboxylic acids is 1. The number of fused-ring (bicyclic) bond motifs is 1. The predicted octanol–water partition coefficient (Wildman–Crippen LogP) is 4.15. The van der Waals surface area contributed by atoms with Gasteiger partial charge in [-0.3, -0.25) is 14.3 Å². The minimum atomic E-state index is -1.05. The molecule has 0 bridgehead atoms. The molecule has 0 amide bonds. The van der Waals surface area contributed by atoms with Crippen molar-refractivity contribution in [2.24, 2.45) is 0 Å². The molecule has 1 aromatic carbocycles. The van der Waals surface area contributed by atoms with Crippen molar-refractivity contribution in [3.63, 3.8) is 0 Å². The van der Waals surface area contributed by atoms with E-state index in [1.807, 2.05) is 48.0 Å². The summed E-state index contributed by atoms with van der Waals surface area (Å²) in [5, 5.41) is 13.3. The Bertz CT molecular complexity index is 1190. The third-order valence-corrected chi connectivity index (χ3v) is 4.54. The Labute approximate surface area is 171 Å². The fraction of sp³-hybridized carbons (Fsp3) is 0.227. The van der Waals surface area contributed by atoms with E-state index in [0.29, 0.717) is 29.3 Å². The highest BCUT2D eigenvalue weighted by Gasteiger charge is 2.20. The van der Waals surface area contributed by atoms with Crippen molar-refractivity contribution in [3.8, 4) is 11.5 Å². The number of benzene rings is 1. The fourth-order valence-corrected chi connectivity index (χ4v) is 3.14. The van der Waals surface area contributed by atoms with Crippen molar-refractivity contribution in [2.75, 3.05) is 0 Å². The summed E-state index contributed by atoms with van der Waals surface area (Å²) >= 11 is 0. The predicted molar refractivity (Wildman–Crippen MR) is 107 cm³/mol. The summed E-state index contributed by atoms with van der Waals surface area (Å²) in [6, 6.07) is 15.4. The molecule has 3 heterocycles. The molecular formula is C22H20N2O6. The van der Waals surface area contributed by atoms with E-state index in [2.05, 4.69) is 5.10 Å². The normalized spacial score (nSPS) is 11.1. The lowest BCUT2D eigenvalue weighted by atomic mass is 10.2. The number of aromatic nitrogens is 2. The number of carbonyl (C=O) groups excluding carboxylic acids is 1. The van der Waals surface area contributed by atoms with Gasteiger partial charge in [0.05, 0.1) is 19.4 Å². The van der Waals surface area contributed by atoms with Crippen LogP contribution in [0, 0.1) is 6.92 Å². The zero-order valence-electron chi connectivity index (χ0n) is 16.3. The molecule has 4 aromatic rings. The number of rotatable bonds is 8. The molecule has 0 saturated carbocycles. The first-order valence-corrected chi connectivity index (χ1v) is 9.47. The zero-order chi connectivity index (χ0) is 21.1. The first kappa shape index (κ1) is 19.5. The van der Waals surface area contributed by atoms with E-state index >= 15 is 0 Å². The summed E-state index contributed by atoms with van der Waals surface area (Å²) in [6.45, 7) is 2.38. The van der Waals surface area contributed by atoms with E-state index in [1.165, 1.54) is 0 Å². The average molecular weight is 408 g/mol. The maximum absolute atomic E-state index is 11.6. The number of aryl methyl sites for hydroxylation is 1. The number of hydrogen-bond donors (Lipinski definition) is 1. The van der Waals surface area contributed by atoms with Gasteiger partial charge in [0.2, 0.25) is 0 Å². The second-order valence-electron chi connectivity index (χ2n) is 6.88. The lowest BCUT2D eigenvalue weighted by Gasteiger charge is -2.02. The fourth-order valence-electron chi connectivity index (χ4n) is 3.14. The molecule has 0 aliphatic carbocycles. The standard InChI is InChI=1S/C22H20N2O6/c1-14-11-17-22(29-14)21(23-24(17)12-15-5-3-2-4-6-15)18-8-7-16(30-18)13-28-20(27)10-9-19(25)26/h2-8,11H,9-10,12-13H2,1H3,(H,25,26). The molecule has 0 fully saturated rings. The van der Waals surface area contributed by atoms with Crippen molar-refractivity contribution in [2.45, 2.75) is 32.9 Å². The summed E-state index contributed by atoms with van der Waals surface area (Å²) in [7, 11) is 0. The van der Waals surface area contributed by atoms with Crippen LogP contribution in [0.3, 0.4) is 0 Å². The van der Waals surface area contributed by atoms with E-state index in [1.54, 1.807) is 12.1 Å². The van der Waals surface area contributed by atoms with Crippen LogP contribution in [0.15, 0.2) is 57.4 Å². The van der Waals surface area contributed by atoms with Crippen LogP contribution in [0.5, 0.6) is 0 Å². The molecule has 0 unspecified atom stereocenters. The zero-order valence-corrected chi connectivity index (χ0v) is 16.3. The van der Waals surface area contributed by atoms with Crippen LogP contribution in [0.2, 0.25) is 0 Å². The number of hydrogen-bond acceptors (Lipinski definition) is 6. The van der Waals surface area contributed by atoms with Crippen molar-refractivity contribution >= 4 is 23.0 Å². The lowest BCUT2D eigenvalue weighted by molar-refractivity contribution is -0.149. The number of carboxylic acid groups (broad SMARTS) is 1. The van der Waals surface area contributed by atoms with E-state index in [-0.39, 0.29) is 19.4 Å². The van der Waals surface area contributed by atoms with E-state index in [9.17, 15) is 9.59 Å². The Hall–Kier alpha value is -3.81. The Morgan fingerprint density at radius 3 is 2.67 bits per heavy atom. The third kappa shape index (κ3) is 4.27. The molecule has 0 saturated heterocycles. The Kier molecular flexibility index (Phi) is 5.38. The molecule has 30 heavy (non-hydrogen) atoms. The maximum Gasteiger partial charge on any atom is 0.306 e. The minimum Gasteiger partial charge on any atom is -0.481 e. The van der Waals surface area contributed by atoms with E-state index < -0.39 is 11.9 Å². The molecule has 8 heteroatoms. The molecule has 0 radical (unpaired) electrons. The molecular weight excluding hydrogens is 388 g/mol. The van der Waals surface area contributed by atoms with Crippen molar-refractivity contribution in [1.29, 1.82) is 0 Å². The van der Waals surface area contributed by atoms with Gasteiger partial charge in [-0.15, -0.1) is 0 Å². The number of carboxylic acids is 1. The highest BCUT2D eigenvalue weighted by atomic mass is 16.5. The molecule has 4 rings (SSSR count). The van der Waals surface area contributed by atoms with Gasteiger partial charge >= 0.3 is 11.9 Å². The second-order valence-corrected chi connectivity index (χ2v) is 6.88. The minimum absolute atomic E-state index is 0.0799.